The summed E-state index contributed by atoms with van der Waals surface area (Å²) in [6, 6.07) is 8.86. The Balaban J connectivity index is 1.95. The number of rotatable bonds is 10. The number of amides is 2. The molecular formula is C19H30N4O3. The van der Waals surface area contributed by atoms with Gasteiger partial charge in [0.05, 0.1) is 0 Å². The molecule has 0 aliphatic carbocycles. The molecule has 0 radical (unpaired) electrons. The Morgan fingerprint density at radius 1 is 1.27 bits per heavy atom. The lowest BCUT2D eigenvalue weighted by Crippen LogP contribution is -2.52. The molecule has 2 unspecified atom stereocenters. The van der Waals surface area contributed by atoms with Gasteiger partial charge in [-0.1, -0.05) is 30.3 Å². The van der Waals surface area contributed by atoms with E-state index >= 15 is 0 Å². The second-order valence-electron chi connectivity index (χ2n) is 6.72. The largest absolute Gasteiger partial charge is 0.465 e. The van der Waals surface area contributed by atoms with Gasteiger partial charge < -0.3 is 26.4 Å². The quantitative estimate of drug-likeness (QED) is 0.468. The van der Waals surface area contributed by atoms with E-state index in [1.807, 2.05) is 35.2 Å². The molecule has 1 aromatic rings. The van der Waals surface area contributed by atoms with Crippen molar-refractivity contribution in [3.05, 3.63) is 35.9 Å². The molecule has 26 heavy (non-hydrogen) atoms. The average molecular weight is 362 g/mol. The molecule has 2 atom stereocenters. The predicted octanol–water partition coefficient (Wildman–Crippen LogP) is 1.18. The highest BCUT2D eigenvalue weighted by molar-refractivity contribution is 5.86. The van der Waals surface area contributed by atoms with E-state index in [1.165, 1.54) is 0 Å². The van der Waals surface area contributed by atoms with Crippen molar-refractivity contribution in [1.82, 2.24) is 15.5 Å². The van der Waals surface area contributed by atoms with E-state index in [4.69, 9.17) is 10.8 Å². The highest BCUT2D eigenvalue weighted by Crippen LogP contribution is 2.19. The van der Waals surface area contributed by atoms with E-state index in [0.717, 1.165) is 44.3 Å². The lowest BCUT2D eigenvalue weighted by Gasteiger charge is -2.29. The minimum atomic E-state index is -1.17. The third-order valence-electron chi connectivity index (χ3n) is 4.73. The van der Waals surface area contributed by atoms with Crippen LogP contribution in [0, 0.1) is 0 Å². The third-order valence-corrected chi connectivity index (χ3v) is 4.73. The molecule has 0 spiro atoms. The zero-order chi connectivity index (χ0) is 18.8. The van der Waals surface area contributed by atoms with E-state index in [-0.39, 0.29) is 11.9 Å². The van der Waals surface area contributed by atoms with Crippen LogP contribution in [0.2, 0.25) is 0 Å². The van der Waals surface area contributed by atoms with E-state index in [1.54, 1.807) is 0 Å². The third kappa shape index (κ3) is 6.31. The fourth-order valence-corrected chi connectivity index (χ4v) is 3.40. The molecule has 1 aliphatic rings. The number of carbonyl (C=O) groups is 2. The second kappa shape index (κ2) is 10.8. The predicted molar refractivity (Wildman–Crippen MR) is 101 cm³/mol. The second-order valence-corrected chi connectivity index (χ2v) is 6.72. The molecule has 1 saturated heterocycles. The van der Waals surface area contributed by atoms with Gasteiger partial charge in [0.2, 0.25) is 5.91 Å². The van der Waals surface area contributed by atoms with Gasteiger partial charge in [-0.05, 0) is 44.3 Å². The monoisotopic (exact) mass is 362 g/mol. The highest BCUT2D eigenvalue weighted by atomic mass is 16.4. The first-order valence-corrected chi connectivity index (χ1v) is 9.36. The van der Waals surface area contributed by atoms with E-state index in [9.17, 15) is 9.59 Å². The maximum atomic E-state index is 13.0. The number of unbranched alkanes of at least 4 members (excludes halogenated alkanes) is 1. The lowest BCUT2D eigenvalue weighted by molar-refractivity contribution is -0.134. The van der Waals surface area contributed by atoms with Gasteiger partial charge in [-0.3, -0.25) is 4.79 Å². The van der Waals surface area contributed by atoms with Crippen molar-refractivity contribution in [2.45, 2.75) is 44.2 Å². The Labute approximate surface area is 154 Å². The summed E-state index contributed by atoms with van der Waals surface area (Å²) in [7, 11) is 0. The molecule has 0 aromatic heterocycles. The number of benzene rings is 1. The van der Waals surface area contributed by atoms with Crippen molar-refractivity contribution in [1.29, 1.82) is 0 Å². The molecule has 7 nitrogen and oxygen atoms in total. The normalized spacial score (nSPS) is 17.9. The molecule has 1 aliphatic heterocycles. The molecule has 7 heteroatoms. The summed E-state index contributed by atoms with van der Waals surface area (Å²) >= 11 is 0. The van der Waals surface area contributed by atoms with Crippen molar-refractivity contribution in [2.24, 2.45) is 5.73 Å². The van der Waals surface area contributed by atoms with E-state index < -0.39 is 12.1 Å². The molecular weight excluding hydrogens is 332 g/mol. The van der Waals surface area contributed by atoms with Gasteiger partial charge in [-0.15, -0.1) is 0 Å². The van der Waals surface area contributed by atoms with Crippen molar-refractivity contribution < 1.29 is 14.7 Å². The molecule has 5 N–H and O–H groups in total. The summed E-state index contributed by atoms with van der Waals surface area (Å²) < 4.78 is 0. The highest BCUT2D eigenvalue weighted by Gasteiger charge is 2.33. The molecule has 0 saturated carbocycles. The minimum Gasteiger partial charge on any atom is -0.465 e. The van der Waals surface area contributed by atoms with E-state index in [0.29, 0.717) is 19.5 Å². The minimum absolute atomic E-state index is 0.120. The number of hydrogen-bond acceptors (Lipinski definition) is 4. The molecule has 1 fully saturated rings. The Bertz CT molecular complexity index is 567. The van der Waals surface area contributed by atoms with Crippen LogP contribution >= 0.6 is 0 Å². The van der Waals surface area contributed by atoms with Crippen LogP contribution in [0.5, 0.6) is 0 Å². The van der Waals surface area contributed by atoms with Crippen molar-refractivity contribution >= 4 is 12.0 Å². The zero-order valence-electron chi connectivity index (χ0n) is 15.2. The van der Waals surface area contributed by atoms with Crippen molar-refractivity contribution in [3.63, 3.8) is 0 Å². The maximum absolute atomic E-state index is 13.0. The first-order valence-electron chi connectivity index (χ1n) is 9.36. The fraction of sp³-hybridized carbons (Fsp3) is 0.579. The number of nitrogens with zero attached hydrogens (tertiary/aromatic N) is 1. The summed E-state index contributed by atoms with van der Waals surface area (Å²) in [4.78, 5) is 26.0. The van der Waals surface area contributed by atoms with Crippen LogP contribution in [0.1, 0.15) is 31.2 Å². The van der Waals surface area contributed by atoms with Crippen LogP contribution in [0.4, 0.5) is 4.79 Å². The molecule has 0 bridgehead atoms. The Hall–Kier alpha value is -2.12. The summed E-state index contributed by atoms with van der Waals surface area (Å²) in [6.07, 6.45) is 3.09. The van der Waals surface area contributed by atoms with Crippen LogP contribution in [0.3, 0.4) is 0 Å². The molecule has 144 valence electrons. The average Bonchev–Trinajstić information content (AvgIpc) is 3.09. The van der Waals surface area contributed by atoms with Crippen LogP contribution < -0.4 is 16.4 Å². The lowest BCUT2D eigenvalue weighted by atomic mass is 10.0. The van der Waals surface area contributed by atoms with Gasteiger partial charge in [0, 0.05) is 25.6 Å². The number of nitrogens with one attached hydrogen (secondary N) is 2. The zero-order valence-corrected chi connectivity index (χ0v) is 15.2. The first-order chi connectivity index (χ1) is 12.6. The smallest absolute Gasteiger partial charge is 0.405 e. The fourth-order valence-electron chi connectivity index (χ4n) is 3.40. The van der Waals surface area contributed by atoms with Crippen molar-refractivity contribution in [3.8, 4) is 0 Å². The Morgan fingerprint density at radius 3 is 2.73 bits per heavy atom. The van der Waals surface area contributed by atoms with Crippen molar-refractivity contribution in [2.75, 3.05) is 26.2 Å². The number of carbonyl (C=O) groups excluding carboxylic acids is 1. The standard InChI is InChI=1S/C19H30N4O3/c20-10-4-5-11-21-14-16-9-6-12-23(16)18(24)17(22-19(25)26)13-15-7-2-1-3-8-15/h1-3,7-8,16-17,21-22H,4-6,9-14,20H2,(H,25,26). The topological polar surface area (TPSA) is 108 Å². The Morgan fingerprint density at radius 2 is 2.04 bits per heavy atom. The summed E-state index contributed by atoms with van der Waals surface area (Å²) in [5, 5.41) is 14.9. The van der Waals surface area contributed by atoms with Gasteiger partial charge in [-0.2, -0.15) is 0 Å². The van der Waals surface area contributed by atoms with Crippen LogP contribution in [0.15, 0.2) is 30.3 Å². The van der Waals surface area contributed by atoms with Gasteiger partial charge in [-0.25, -0.2) is 4.79 Å². The van der Waals surface area contributed by atoms with Gasteiger partial charge >= 0.3 is 6.09 Å². The Kier molecular flexibility index (Phi) is 8.37. The summed E-state index contributed by atoms with van der Waals surface area (Å²) in [5.74, 6) is -0.137. The summed E-state index contributed by atoms with van der Waals surface area (Å²) in [5.41, 5.74) is 6.44. The molecule has 1 aromatic carbocycles. The van der Waals surface area contributed by atoms with Crippen LogP contribution in [-0.4, -0.2) is 60.3 Å². The first kappa shape index (κ1) is 20.2. The van der Waals surface area contributed by atoms with Gasteiger partial charge in [0.25, 0.3) is 0 Å². The summed E-state index contributed by atoms with van der Waals surface area (Å²) in [6.45, 7) is 3.00. The van der Waals surface area contributed by atoms with Gasteiger partial charge in [0.15, 0.2) is 0 Å². The molecule has 2 amide bonds. The maximum Gasteiger partial charge on any atom is 0.405 e. The number of carboxylic acid groups (broad SMARTS) is 1. The number of nitrogens with two attached hydrogens (primary N) is 1. The molecule has 1 heterocycles. The molecule has 2 rings (SSSR count). The van der Waals surface area contributed by atoms with E-state index in [2.05, 4.69) is 10.6 Å². The number of hydrogen-bond donors (Lipinski definition) is 4. The number of likely N-dealkylation sites (tertiary alicyclic amines) is 1. The SMILES string of the molecule is NCCCCNCC1CCCN1C(=O)C(Cc1ccccc1)NC(=O)O. The van der Waals surface area contributed by atoms with Crippen LogP contribution in [0.25, 0.3) is 0 Å². The van der Waals surface area contributed by atoms with Crippen LogP contribution in [-0.2, 0) is 11.2 Å². The van der Waals surface area contributed by atoms with Gasteiger partial charge in [0.1, 0.15) is 6.04 Å².